The van der Waals surface area contributed by atoms with Crippen molar-refractivity contribution in [3.05, 3.63) is 17.5 Å². The molecular formula is C9H15ClN2O2S2. The zero-order chi connectivity index (χ0) is 10.9. The Kier molecular flexibility index (Phi) is 4.75. The molecule has 1 atom stereocenters. The van der Waals surface area contributed by atoms with E-state index in [1.165, 1.54) is 11.3 Å². The van der Waals surface area contributed by atoms with E-state index in [1.54, 1.807) is 21.8 Å². The van der Waals surface area contributed by atoms with Gasteiger partial charge in [-0.2, -0.15) is 4.31 Å². The van der Waals surface area contributed by atoms with Crippen molar-refractivity contribution in [2.45, 2.75) is 17.2 Å². The highest BCUT2D eigenvalue weighted by atomic mass is 35.5. The maximum Gasteiger partial charge on any atom is 0.252 e. The first kappa shape index (κ1) is 13.9. The summed E-state index contributed by atoms with van der Waals surface area (Å²) < 4.78 is 26.4. The van der Waals surface area contributed by atoms with Gasteiger partial charge in [-0.1, -0.05) is 6.07 Å². The van der Waals surface area contributed by atoms with Crippen LogP contribution in [0.5, 0.6) is 0 Å². The van der Waals surface area contributed by atoms with Crippen molar-refractivity contribution in [1.82, 2.24) is 9.62 Å². The lowest BCUT2D eigenvalue weighted by molar-refractivity contribution is 0.284. The number of halogens is 1. The molecule has 1 aliphatic rings. The fraction of sp³-hybridized carbons (Fsp3) is 0.556. The first-order chi connectivity index (χ1) is 7.12. The predicted octanol–water partition coefficient (Wildman–Crippen LogP) is 1.15. The van der Waals surface area contributed by atoms with Gasteiger partial charge in [0, 0.05) is 25.7 Å². The van der Waals surface area contributed by atoms with Gasteiger partial charge >= 0.3 is 0 Å². The molecule has 1 aliphatic heterocycles. The second-order valence-electron chi connectivity index (χ2n) is 3.60. The van der Waals surface area contributed by atoms with Crippen LogP contribution in [0.3, 0.4) is 0 Å². The highest BCUT2D eigenvalue weighted by molar-refractivity contribution is 7.91. The minimum atomic E-state index is -3.26. The third-order valence-electron chi connectivity index (χ3n) is 2.50. The van der Waals surface area contributed by atoms with Crippen molar-refractivity contribution in [1.29, 1.82) is 0 Å². The molecule has 0 bridgehead atoms. The van der Waals surface area contributed by atoms with Crippen LogP contribution in [0.2, 0.25) is 0 Å². The molecule has 92 valence electrons. The lowest BCUT2D eigenvalue weighted by Crippen LogP contribution is -2.51. The molecule has 4 nitrogen and oxygen atoms in total. The molecule has 16 heavy (non-hydrogen) atoms. The van der Waals surface area contributed by atoms with Crippen molar-refractivity contribution >= 4 is 33.8 Å². The van der Waals surface area contributed by atoms with E-state index in [4.69, 9.17) is 0 Å². The van der Waals surface area contributed by atoms with Crippen molar-refractivity contribution in [2.75, 3.05) is 19.6 Å². The van der Waals surface area contributed by atoms with Gasteiger partial charge in [-0.05, 0) is 18.4 Å². The summed E-state index contributed by atoms with van der Waals surface area (Å²) in [5.74, 6) is 0. The first-order valence-corrected chi connectivity index (χ1v) is 7.20. The second kappa shape index (κ2) is 5.46. The molecule has 7 heteroatoms. The molecule has 1 aromatic rings. The minimum Gasteiger partial charge on any atom is -0.314 e. The van der Waals surface area contributed by atoms with Crippen LogP contribution in [0.4, 0.5) is 0 Å². The Bertz CT molecular complexity index is 419. The number of thiophene rings is 1. The summed E-state index contributed by atoms with van der Waals surface area (Å²) in [6.07, 6.45) is 0. The summed E-state index contributed by atoms with van der Waals surface area (Å²) in [5, 5.41) is 4.97. The molecule has 0 saturated carbocycles. The lowest BCUT2D eigenvalue weighted by atomic mass is 10.3. The molecule has 2 rings (SSSR count). The molecule has 0 aromatic carbocycles. The number of piperazine rings is 1. The number of hydrogen-bond donors (Lipinski definition) is 1. The fourth-order valence-electron chi connectivity index (χ4n) is 1.71. The Morgan fingerprint density at radius 2 is 2.31 bits per heavy atom. The van der Waals surface area contributed by atoms with Crippen molar-refractivity contribution in [2.24, 2.45) is 0 Å². The van der Waals surface area contributed by atoms with E-state index in [-0.39, 0.29) is 18.4 Å². The van der Waals surface area contributed by atoms with Gasteiger partial charge in [0.25, 0.3) is 10.0 Å². The molecule has 0 radical (unpaired) electrons. The van der Waals surface area contributed by atoms with Crippen LogP contribution in [0.25, 0.3) is 0 Å². The summed E-state index contributed by atoms with van der Waals surface area (Å²) in [5.41, 5.74) is 0. The maximum atomic E-state index is 12.2. The van der Waals surface area contributed by atoms with Gasteiger partial charge in [-0.15, -0.1) is 23.7 Å². The summed E-state index contributed by atoms with van der Waals surface area (Å²) in [4.78, 5) is 0. The maximum absolute atomic E-state index is 12.2. The zero-order valence-electron chi connectivity index (χ0n) is 8.92. The largest absolute Gasteiger partial charge is 0.314 e. The zero-order valence-corrected chi connectivity index (χ0v) is 11.4. The highest BCUT2D eigenvalue weighted by Gasteiger charge is 2.31. The number of hydrogen-bond acceptors (Lipinski definition) is 4. The Morgan fingerprint density at radius 1 is 1.56 bits per heavy atom. The number of nitrogens with one attached hydrogen (secondary N) is 1. The normalized spacial score (nSPS) is 22.7. The topological polar surface area (TPSA) is 49.4 Å². The molecular weight excluding hydrogens is 268 g/mol. The number of nitrogens with zero attached hydrogens (tertiary/aromatic N) is 1. The van der Waals surface area contributed by atoms with Gasteiger partial charge < -0.3 is 5.32 Å². The molecule has 0 aliphatic carbocycles. The monoisotopic (exact) mass is 282 g/mol. The Labute approximate surface area is 106 Å². The Morgan fingerprint density at radius 3 is 2.88 bits per heavy atom. The van der Waals surface area contributed by atoms with Crippen molar-refractivity contribution < 1.29 is 8.42 Å². The molecule has 1 saturated heterocycles. The average molecular weight is 283 g/mol. The van der Waals surface area contributed by atoms with Crippen LogP contribution < -0.4 is 5.32 Å². The van der Waals surface area contributed by atoms with Crippen molar-refractivity contribution in [3.8, 4) is 0 Å². The van der Waals surface area contributed by atoms with E-state index < -0.39 is 10.0 Å². The van der Waals surface area contributed by atoms with E-state index in [0.717, 1.165) is 13.1 Å². The van der Waals surface area contributed by atoms with Gasteiger partial charge in [0.2, 0.25) is 0 Å². The summed E-state index contributed by atoms with van der Waals surface area (Å²) in [6.45, 7) is 3.94. The van der Waals surface area contributed by atoms with Crippen molar-refractivity contribution in [3.63, 3.8) is 0 Å². The third kappa shape index (κ3) is 2.57. The molecule has 1 unspecified atom stereocenters. The highest BCUT2D eigenvalue weighted by Crippen LogP contribution is 2.23. The van der Waals surface area contributed by atoms with E-state index in [9.17, 15) is 8.42 Å². The van der Waals surface area contributed by atoms with Crippen LogP contribution in [-0.4, -0.2) is 38.4 Å². The first-order valence-electron chi connectivity index (χ1n) is 4.88. The molecule has 1 aromatic heterocycles. The van der Waals surface area contributed by atoms with Gasteiger partial charge in [0.15, 0.2) is 0 Å². The van der Waals surface area contributed by atoms with E-state index in [2.05, 4.69) is 5.32 Å². The van der Waals surface area contributed by atoms with Crippen LogP contribution >= 0.6 is 23.7 Å². The minimum absolute atomic E-state index is 0. The van der Waals surface area contributed by atoms with Gasteiger partial charge in [-0.25, -0.2) is 8.42 Å². The van der Waals surface area contributed by atoms with Crippen LogP contribution in [0.1, 0.15) is 6.92 Å². The molecule has 0 amide bonds. The molecule has 0 spiro atoms. The summed E-state index contributed by atoms with van der Waals surface area (Å²) >= 11 is 1.28. The summed E-state index contributed by atoms with van der Waals surface area (Å²) in [7, 11) is -3.26. The third-order valence-corrected chi connectivity index (χ3v) is 5.88. The number of sulfonamides is 1. The Balaban J connectivity index is 0.00000128. The summed E-state index contributed by atoms with van der Waals surface area (Å²) in [6, 6.07) is 3.46. The average Bonchev–Trinajstić information content (AvgIpc) is 2.71. The Hall–Kier alpha value is -0.140. The number of rotatable bonds is 2. The fourth-order valence-corrected chi connectivity index (χ4v) is 4.46. The smallest absolute Gasteiger partial charge is 0.252 e. The van der Waals surface area contributed by atoms with Crippen LogP contribution in [-0.2, 0) is 10.0 Å². The van der Waals surface area contributed by atoms with Crippen LogP contribution in [0.15, 0.2) is 21.7 Å². The van der Waals surface area contributed by atoms with Gasteiger partial charge in [0.05, 0.1) is 0 Å². The van der Waals surface area contributed by atoms with E-state index >= 15 is 0 Å². The van der Waals surface area contributed by atoms with E-state index in [0.29, 0.717) is 10.8 Å². The standard InChI is InChI=1S/C9H14N2O2S2.ClH/c1-8-7-10-4-5-11(8)15(12,13)9-3-2-6-14-9;/h2-3,6,8,10H,4-5,7H2,1H3;1H. The lowest BCUT2D eigenvalue weighted by Gasteiger charge is -2.32. The predicted molar refractivity (Wildman–Crippen MR) is 67.8 cm³/mol. The molecule has 2 heterocycles. The quantitative estimate of drug-likeness (QED) is 0.885. The van der Waals surface area contributed by atoms with E-state index in [1.807, 2.05) is 6.92 Å². The van der Waals surface area contributed by atoms with Gasteiger partial charge in [-0.3, -0.25) is 0 Å². The molecule has 1 fully saturated rings. The van der Waals surface area contributed by atoms with Gasteiger partial charge in [0.1, 0.15) is 4.21 Å². The second-order valence-corrected chi connectivity index (χ2v) is 6.67. The molecule has 1 N–H and O–H groups in total. The SMILES string of the molecule is CC1CNCCN1S(=O)(=O)c1cccs1.Cl. The van der Waals surface area contributed by atoms with Crippen LogP contribution in [0, 0.1) is 0 Å².